The predicted molar refractivity (Wildman–Crippen MR) is 112 cm³/mol. The lowest BCUT2D eigenvalue weighted by atomic mass is 9.81. The van der Waals surface area contributed by atoms with E-state index in [4.69, 9.17) is 0 Å². The number of carbonyl (C=O) groups is 1. The molecule has 0 bridgehead atoms. The highest BCUT2D eigenvalue weighted by molar-refractivity contribution is 5.80. The quantitative estimate of drug-likeness (QED) is 0.668. The molecule has 160 valence electrons. The number of aromatic nitrogens is 2. The first-order valence-corrected chi connectivity index (χ1v) is 10.4. The molecule has 3 heterocycles. The van der Waals surface area contributed by atoms with Crippen molar-refractivity contribution in [3.8, 4) is 0 Å². The van der Waals surface area contributed by atoms with Crippen LogP contribution in [0.1, 0.15) is 29.2 Å². The second-order valence-electron chi connectivity index (χ2n) is 8.51. The number of hydrogen-bond donors (Lipinski definition) is 3. The number of hydrogen-bond acceptors (Lipinski definition) is 5. The second-order valence-corrected chi connectivity index (χ2v) is 8.51. The molecular weight excluding hydrogens is 384 g/mol. The molecule has 1 aromatic heterocycles. The number of amides is 1. The van der Waals surface area contributed by atoms with E-state index < -0.39 is 17.4 Å². The standard InChI is InChI=1S/C22H28N4O4/c1-13-15(21(29)24-22(30)23-13)10-19(28)26-11-16(14-6-4-3-5-7-14)20-17(26)12-25(2)9-8-18(20)27/h3-7,16-18,20,27H,8-12H2,1-2H3,(H2,23,24,29,30)/t16-,17+,18+,20-/m0/s1. The van der Waals surface area contributed by atoms with Crippen molar-refractivity contribution >= 4 is 5.91 Å². The zero-order valence-corrected chi connectivity index (χ0v) is 17.3. The molecule has 2 saturated heterocycles. The number of H-pyrrole nitrogens is 2. The van der Waals surface area contributed by atoms with Gasteiger partial charge < -0.3 is 19.9 Å². The topological polar surface area (TPSA) is 109 Å². The summed E-state index contributed by atoms with van der Waals surface area (Å²) in [4.78, 5) is 45.8. The van der Waals surface area contributed by atoms with Crippen LogP contribution >= 0.6 is 0 Å². The number of nitrogens with one attached hydrogen (secondary N) is 2. The average Bonchev–Trinajstić information content (AvgIpc) is 3.01. The van der Waals surface area contributed by atoms with Crippen LogP contribution in [0.4, 0.5) is 0 Å². The van der Waals surface area contributed by atoms with E-state index in [0.29, 0.717) is 25.2 Å². The van der Waals surface area contributed by atoms with Gasteiger partial charge in [0, 0.05) is 42.7 Å². The molecule has 0 aliphatic carbocycles. The average molecular weight is 412 g/mol. The van der Waals surface area contributed by atoms with E-state index in [2.05, 4.69) is 14.9 Å². The summed E-state index contributed by atoms with van der Waals surface area (Å²) in [6, 6.07) is 9.89. The van der Waals surface area contributed by atoms with E-state index in [-0.39, 0.29) is 35.8 Å². The number of aliphatic hydroxyl groups is 1. The largest absolute Gasteiger partial charge is 0.393 e. The van der Waals surface area contributed by atoms with Crippen LogP contribution in [0.5, 0.6) is 0 Å². The summed E-state index contributed by atoms with van der Waals surface area (Å²) in [5.74, 6) is -0.181. The molecule has 0 saturated carbocycles. The first kappa shape index (κ1) is 20.6. The van der Waals surface area contributed by atoms with Gasteiger partial charge in [0.2, 0.25) is 5.91 Å². The molecule has 1 amide bonds. The normalized spacial score (nSPS) is 27.0. The first-order chi connectivity index (χ1) is 14.3. The van der Waals surface area contributed by atoms with Crippen molar-refractivity contribution in [2.75, 3.05) is 26.7 Å². The molecular formula is C22H28N4O4. The third-order valence-corrected chi connectivity index (χ3v) is 6.58. The van der Waals surface area contributed by atoms with Gasteiger partial charge in [0.25, 0.3) is 5.56 Å². The maximum absolute atomic E-state index is 13.3. The summed E-state index contributed by atoms with van der Waals surface area (Å²) < 4.78 is 0. The van der Waals surface area contributed by atoms with Gasteiger partial charge in [-0.3, -0.25) is 14.6 Å². The lowest BCUT2D eigenvalue weighted by molar-refractivity contribution is -0.132. The van der Waals surface area contributed by atoms with Crippen molar-refractivity contribution in [3.05, 3.63) is 68.0 Å². The Morgan fingerprint density at radius 1 is 1.17 bits per heavy atom. The summed E-state index contributed by atoms with van der Waals surface area (Å²) in [5, 5.41) is 11.0. The molecule has 0 radical (unpaired) electrons. The van der Waals surface area contributed by atoms with Crippen molar-refractivity contribution in [2.24, 2.45) is 5.92 Å². The molecule has 0 spiro atoms. The van der Waals surface area contributed by atoms with Crippen LogP contribution in [0.25, 0.3) is 0 Å². The molecule has 3 N–H and O–H groups in total. The van der Waals surface area contributed by atoms with Crippen molar-refractivity contribution in [1.29, 1.82) is 0 Å². The van der Waals surface area contributed by atoms with E-state index in [9.17, 15) is 19.5 Å². The van der Waals surface area contributed by atoms with E-state index >= 15 is 0 Å². The van der Waals surface area contributed by atoms with Crippen LogP contribution in [0.3, 0.4) is 0 Å². The van der Waals surface area contributed by atoms with Crippen molar-refractivity contribution in [3.63, 3.8) is 0 Å². The van der Waals surface area contributed by atoms with Crippen LogP contribution in [0.15, 0.2) is 39.9 Å². The number of benzene rings is 1. The van der Waals surface area contributed by atoms with Crippen LogP contribution in [-0.4, -0.2) is 69.6 Å². The Hall–Kier alpha value is -2.71. The summed E-state index contributed by atoms with van der Waals surface area (Å²) in [6.07, 6.45) is 0.0886. The van der Waals surface area contributed by atoms with Crippen molar-refractivity contribution in [1.82, 2.24) is 19.8 Å². The van der Waals surface area contributed by atoms with Crippen LogP contribution in [0, 0.1) is 12.8 Å². The Morgan fingerprint density at radius 2 is 1.90 bits per heavy atom. The Bertz CT molecular complexity index is 1030. The number of aryl methyl sites for hydroxylation is 1. The number of likely N-dealkylation sites (N-methyl/N-ethyl adjacent to an activating group) is 1. The van der Waals surface area contributed by atoms with E-state index in [1.165, 1.54) is 0 Å². The molecule has 2 aromatic rings. The zero-order valence-electron chi connectivity index (χ0n) is 17.3. The Labute approximate surface area is 174 Å². The van der Waals surface area contributed by atoms with Gasteiger partial charge >= 0.3 is 5.69 Å². The highest BCUT2D eigenvalue weighted by atomic mass is 16.3. The second kappa shape index (κ2) is 8.20. The predicted octanol–water partition coefficient (Wildman–Crippen LogP) is 0.221. The summed E-state index contributed by atoms with van der Waals surface area (Å²) in [6.45, 7) is 3.58. The molecule has 2 aliphatic rings. The van der Waals surface area contributed by atoms with Gasteiger partial charge in [-0.2, -0.15) is 0 Å². The summed E-state index contributed by atoms with van der Waals surface area (Å²) in [7, 11) is 2.00. The number of nitrogens with zero attached hydrogens (tertiary/aromatic N) is 2. The fraction of sp³-hybridized carbons (Fsp3) is 0.500. The van der Waals surface area contributed by atoms with Crippen molar-refractivity contribution in [2.45, 2.75) is 37.8 Å². The minimum absolute atomic E-state index is 0.0385. The highest BCUT2D eigenvalue weighted by Crippen LogP contribution is 2.42. The van der Waals surface area contributed by atoms with Crippen LogP contribution in [0.2, 0.25) is 0 Å². The SMILES string of the molecule is Cc1[nH]c(=O)[nH]c(=O)c1CC(=O)N1C[C@@H](c2ccccc2)[C@@H]2[C@H](O)CCN(C)C[C@H]21. The molecule has 4 atom stereocenters. The Morgan fingerprint density at radius 3 is 2.60 bits per heavy atom. The fourth-order valence-electron chi connectivity index (χ4n) is 5.05. The number of aromatic amines is 2. The van der Waals surface area contributed by atoms with Gasteiger partial charge in [0.05, 0.1) is 18.6 Å². The van der Waals surface area contributed by atoms with E-state index in [1.54, 1.807) is 6.92 Å². The molecule has 2 aliphatic heterocycles. The van der Waals surface area contributed by atoms with Crippen LogP contribution in [-0.2, 0) is 11.2 Å². The van der Waals surface area contributed by atoms with Gasteiger partial charge in [0.1, 0.15) is 0 Å². The molecule has 8 nitrogen and oxygen atoms in total. The van der Waals surface area contributed by atoms with Gasteiger partial charge in [0.15, 0.2) is 0 Å². The van der Waals surface area contributed by atoms with Gasteiger partial charge in [-0.1, -0.05) is 30.3 Å². The molecule has 2 fully saturated rings. The summed E-state index contributed by atoms with van der Waals surface area (Å²) >= 11 is 0. The third kappa shape index (κ3) is 3.85. The summed E-state index contributed by atoms with van der Waals surface area (Å²) in [5.41, 5.74) is 0.697. The third-order valence-electron chi connectivity index (χ3n) is 6.58. The molecule has 8 heteroatoms. The smallest absolute Gasteiger partial charge is 0.325 e. The highest BCUT2D eigenvalue weighted by Gasteiger charge is 2.48. The minimum Gasteiger partial charge on any atom is -0.393 e. The van der Waals surface area contributed by atoms with Crippen molar-refractivity contribution < 1.29 is 9.90 Å². The number of carbonyl (C=O) groups excluding carboxylic acids is 1. The number of likely N-dealkylation sites (tertiary alicyclic amines) is 2. The molecule has 0 unspecified atom stereocenters. The number of rotatable bonds is 3. The number of fused-ring (bicyclic) bond motifs is 1. The Kier molecular flexibility index (Phi) is 5.62. The van der Waals surface area contributed by atoms with Crippen LogP contribution < -0.4 is 11.2 Å². The molecule has 4 rings (SSSR count). The Balaban J connectivity index is 1.67. The van der Waals surface area contributed by atoms with Gasteiger partial charge in [-0.15, -0.1) is 0 Å². The lowest BCUT2D eigenvalue weighted by Crippen LogP contribution is -2.46. The van der Waals surface area contributed by atoms with E-state index in [0.717, 1.165) is 12.1 Å². The fourth-order valence-corrected chi connectivity index (χ4v) is 5.05. The van der Waals surface area contributed by atoms with Gasteiger partial charge in [-0.25, -0.2) is 4.79 Å². The zero-order chi connectivity index (χ0) is 21.4. The lowest BCUT2D eigenvalue weighted by Gasteiger charge is -2.30. The molecule has 30 heavy (non-hydrogen) atoms. The minimum atomic E-state index is -0.576. The van der Waals surface area contributed by atoms with E-state index in [1.807, 2.05) is 42.3 Å². The molecule has 1 aromatic carbocycles. The number of aliphatic hydroxyl groups excluding tert-OH is 1. The maximum Gasteiger partial charge on any atom is 0.325 e. The van der Waals surface area contributed by atoms with Gasteiger partial charge in [-0.05, 0) is 26.0 Å². The maximum atomic E-state index is 13.3. The first-order valence-electron chi connectivity index (χ1n) is 10.4. The monoisotopic (exact) mass is 412 g/mol.